The van der Waals surface area contributed by atoms with E-state index in [0.717, 1.165) is 25.0 Å². The van der Waals surface area contributed by atoms with Gasteiger partial charge in [0.25, 0.3) is 0 Å². The van der Waals surface area contributed by atoms with Crippen molar-refractivity contribution in [2.24, 2.45) is 11.5 Å². The molecular weight excluding hydrogens is 558 g/mol. The Hall–Kier alpha value is -4.03. The van der Waals surface area contributed by atoms with Crippen molar-refractivity contribution in [1.82, 2.24) is 4.98 Å². The number of Topliss-reactive ketones (excluding diaryl/α,β-unsaturated/α-hetero) is 1. The SMILES string of the molecule is COc1cc(C(=O)CCC(O)(c2cc(C(C)(N)C(N)=O)cc(-c3ccc(F)c(C)c3)n2)C(F)(F)F)ccc1OC1CC1. The normalized spacial score (nSPS) is 16.3. The van der Waals surface area contributed by atoms with Crippen LogP contribution >= 0.6 is 0 Å². The van der Waals surface area contributed by atoms with E-state index in [1.807, 2.05) is 0 Å². The van der Waals surface area contributed by atoms with E-state index < -0.39 is 53.4 Å². The molecule has 0 saturated heterocycles. The van der Waals surface area contributed by atoms with E-state index in [2.05, 4.69) is 4.98 Å². The second-order valence-corrected chi connectivity index (χ2v) is 10.6. The first kappa shape index (κ1) is 30.9. The minimum Gasteiger partial charge on any atom is -0.493 e. The van der Waals surface area contributed by atoms with Gasteiger partial charge in [0.2, 0.25) is 11.5 Å². The summed E-state index contributed by atoms with van der Waals surface area (Å²) < 4.78 is 68.6. The first-order chi connectivity index (χ1) is 19.6. The lowest BCUT2D eigenvalue weighted by Gasteiger charge is -2.32. The molecule has 4 rings (SSSR count). The van der Waals surface area contributed by atoms with Crippen molar-refractivity contribution in [3.63, 3.8) is 0 Å². The minimum atomic E-state index is -5.30. The first-order valence-electron chi connectivity index (χ1n) is 13.1. The number of ether oxygens (including phenoxy) is 2. The number of aliphatic hydroxyl groups is 1. The van der Waals surface area contributed by atoms with E-state index >= 15 is 0 Å². The summed E-state index contributed by atoms with van der Waals surface area (Å²) in [5.41, 5.74) is 5.19. The first-order valence-corrected chi connectivity index (χ1v) is 13.1. The summed E-state index contributed by atoms with van der Waals surface area (Å²) in [6, 6.07) is 10.1. The van der Waals surface area contributed by atoms with Crippen LogP contribution in [0, 0.1) is 12.7 Å². The number of halogens is 4. The molecule has 8 nitrogen and oxygen atoms in total. The Morgan fingerprint density at radius 1 is 1.07 bits per heavy atom. The largest absolute Gasteiger partial charge is 0.493 e. The summed E-state index contributed by atoms with van der Waals surface area (Å²) >= 11 is 0. The number of nitrogens with zero attached hydrogens (tertiary/aromatic N) is 1. The molecule has 1 aliphatic carbocycles. The molecule has 1 aliphatic rings. The van der Waals surface area contributed by atoms with Crippen LogP contribution < -0.4 is 20.9 Å². The van der Waals surface area contributed by atoms with Crippen molar-refractivity contribution in [2.45, 2.75) is 63.0 Å². The van der Waals surface area contributed by atoms with Crippen molar-refractivity contribution >= 4 is 11.7 Å². The second kappa shape index (κ2) is 11.3. The molecule has 224 valence electrons. The molecule has 2 unspecified atom stereocenters. The molecule has 0 bridgehead atoms. The van der Waals surface area contributed by atoms with E-state index in [-0.39, 0.29) is 39.8 Å². The maximum atomic E-state index is 14.6. The Kier molecular flexibility index (Phi) is 8.34. The van der Waals surface area contributed by atoms with E-state index in [1.54, 1.807) is 0 Å². The van der Waals surface area contributed by atoms with Gasteiger partial charge in [0, 0.05) is 17.5 Å². The summed E-state index contributed by atoms with van der Waals surface area (Å²) in [4.78, 5) is 29.2. The highest BCUT2D eigenvalue weighted by Crippen LogP contribution is 2.44. The molecule has 1 saturated carbocycles. The van der Waals surface area contributed by atoms with Crippen molar-refractivity contribution < 1.29 is 41.7 Å². The quantitative estimate of drug-likeness (QED) is 0.215. The lowest BCUT2D eigenvalue weighted by molar-refractivity contribution is -0.270. The number of amides is 1. The number of hydrogen-bond donors (Lipinski definition) is 3. The molecule has 1 heterocycles. The van der Waals surface area contributed by atoms with Gasteiger partial charge in [-0.15, -0.1) is 0 Å². The highest BCUT2D eigenvalue weighted by molar-refractivity contribution is 5.96. The molecule has 5 N–H and O–H groups in total. The number of aryl methyl sites for hydroxylation is 1. The zero-order valence-corrected chi connectivity index (χ0v) is 23.2. The van der Waals surface area contributed by atoms with Crippen molar-refractivity contribution in [2.75, 3.05) is 7.11 Å². The van der Waals surface area contributed by atoms with Gasteiger partial charge in [-0.05, 0) is 92.8 Å². The van der Waals surface area contributed by atoms with Crippen molar-refractivity contribution in [1.29, 1.82) is 0 Å². The Morgan fingerprint density at radius 3 is 2.33 bits per heavy atom. The summed E-state index contributed by atoms with van der Waals surface area (Å²) in [6.07, 6.45) is -5.30. The van der Waals surface area contributed by atoms with Gasteiger partial charge in [0.1, 0.15) is 11.4 Å². The van der Waals surface area contributed by atoms with E-state index in [9.17, 15) is 32.3 Å². The van der Waals surface area contributed by atoms with Crippen LogP contribution in [0.15, 0.2) is 48.5 Å². The van der Waals surface area contributed by atoms with Crippen LogP contribution in [-0.2, 0) is 15.9 Å². The highest BCUT2D eigenvalue weighted by atomic mass is 19.4. The van der Waals surface area contributed by atoms with Gasteiger partial charge in [0.15, 0.2) is 17.3 Å². The monoisotopic (exact) mass is 589 g/mol. The number of methoxy groups -OCH3 is 1. The number of alkyl halides is 3. The van der Waals surface area contributed by atoms with Crippen LogP contribution in [0.2, 0.25) is 0 Å². The molecule has 2 aromatic carbocycles. The number of aromatic nitrogens is 1. The van der Waals surface area contributed by atoms with Crippen LogP contribution in [0.3, 0.4) is 0 Å². The molecule has 0 radical (unpaired) electrons. The maximum absolute atomic E-state index is 14.6. The number of primary amides is 1. The molecule has 12 heteroatoms. The Labute approximate surface area is 239 Å². The summed E-state index contributed by atoms with van der Waals surface area (Å²) in [5, 5.41) is 11.2. The number of carbonyl (C=O) groups excluding carboxylic acids is 2. The second-order valence-electron chi connectivity index (χ2n) is 10.6. The molecule has 1 aromatic heterocycles. The number of benzene rings is 2. The fourth-order valence-electron chi connectivity index (χ4n) is 4.29. The Morgan fingerprint density at radius 2 is 1.76 bits per heavy atom. The molecule has 3 aromatic rings. The van der Waals surface area contributed by atoms with Crippen LogP contribution in [0.1, 0.15) is 59.8 Å². The number of pyridine rings is 1. The van der Waals surface area contributed by atoms with Crippen LogP contribution in [0.5, 0.6) is 11.5 Å². The standard InChI is InChI=1S/C30H31F4N3O5/c1-16-12-17(4-8-21(16)31)22-14-19(28(2,36)27(35)39)15-26(37-22)29(40,30(32,33)34)11-10-23(38)18-5-9-24(25(13-18)41-3)42-20-6-7-20/h4-5,8-9,12-15,20,40H,6-7,10-11,36H2,1-3H3,(H2,35,39). The molecule has 1 fully saturated rings. The van der Waals surface area contributed by atoms with Gasteiger partial charge in [-0.1, -0.05) is 0 Å². The van der Waals surface area contributed by atoms with Gasteiger partial charge in [0.05, 0.1) is 24.6 Å². The minimum absolute atomic E-state index is 0.0548. The summed E-state index contributed by atoms with van der Waals surface area (Å²) in [7, 11) is 1.38. The molecular formula is C30H31F4N3O5. The third kappa shape index (κ3) is 6.24. The van der Waals surface area contributed by atoms with Gasteiger partial charge < -0.3 is 26.0 Å². The molecule has 2 atom stereocenters. The number of nitrogens with two attached hydrogens (primary N) is 2. The molecule has 0 spiro atoms. The average Bonchev–Trinajstić information content (AvgIpc) is 3.76. The Balaban J connectivity index is 1.73. The number of hydrogen-bond acceptors (Lipinski definition) is 7. The molecule has 0 aliphatic heterocycles. The zero-order chi connectivity index (χ0) is 31.0. The van der Waals surface area contributed by atoms with Crippen LogP contribution in [0.4, 0.5) is 17.6 Å². The zero-order valence-electron chi connectivity index (χ0n) is 23.2. The predicted octanol–water partition coefficient (Wildman–Crippen LogP) is 4.82. The highest BCUT2D eigenvalue weighted by Gasteiger charge is 2.56. The topological polar surface area (TPSA) is 138 Å². The third-order valence-electron chi connectivity index (χ3n) is 7.30. The third-order valence-corrected chi connectivity index (χ3v) is 7.30. The summed E-state index contributed by atoms with van der Waals surface area (Å²) in [5.74, 6) is -1.63. The predicted molar refractivity (Wildman–Crippen MR) is 145 cm³/mol. The lowest BCUT2D eigenvalue weighted by Crippen LogP contribution is -2.47. The van der Waals surface area contributed by atoms with Gasteiger partial charge in [-0.3, -0.25) is 9.59 Å². The number of carbonyl (C=O) groups is 2. The fraction of sp³-hybridized carbons (Fsp3) is 0.367. The fourth-order valence-corrected chi connectivity index (χ4v) is 4.29. The summed E-state index contributed by atoms with van der Waals surface area (Å²) in [6.45, 7) is 2.66. The maximum Gasteiger partial charge on any atom is 0.422 e. The number of ketones is 1. The average molecular weight is 590 g/mol. The van der Waals surface area contributed by atoms with Crippen molar-refractivity contribution in [3.05, 3.63) is 76.7 Å². The van der Waals surface area contributed by atoms with Crippen LogP contribution in [-0.4, -0.2) is 41.2 Å². The molecule has 1 amide bonds. The van der Waals surface area contributed by atoms with Crippen LogP contribution in [0.25, 0.3) is 11.3 Å². The van der Waals surface area contributed by atoms with E-state index in [1.165, 1.54) is 57.4 Å². The molecule has 42 heavy (non-hydrogen) atoms. The lowest BCUT2D eigenvalue weighted by atomic mass is 9.85. The van der Waals surface area contributed by atoms with E-state index in [0.29, 0.717) is 5.75 Å². The van der Waals surface area contributed by atoms with Gasteiger partial charge in [-0.2, -0.15) is 13.2 Å². The van der Waals surface area contributed by atoms with Gasteiger partial charge >= 0.3 is 6.18 Å². The Bertz CT molecular complexity index is 1520. The van der Waals surface area contributed by atoms with E-state index in [4.69, 9.17) is 20.9 Å². The number of rotatable bonds is 11. The van der Waals surface area contributed by atoms with Crippen molar-refractivity contribution in [3.8, 4) is 22.8 Å². The van der Waals surface area contributed by atoms with Gasteiger partial charge in [-0.25, -0.2) is 9.37 Å². The smallest absolute Gasteiger partial charge is 0.422 e.